The normalized spacial score (nSPS) is 25.3. The van der Waals surface area contributed by atoms with Crippen molar-refractivity contribution < 1.29 is 55.2 Å². The Bertz CT molecular complexity index is 7090. The van der Waals surface area contributed by atoms with Crippen molar-refractivity contribution in [3.8, 4) is 0 Å². The van der Waals surface area contributed by atoms with Crippen LogP contribution in [0.25, 0.3) is 259 Å². The molecule has 4 atom stereocenters. The van der Waals surface area contributed by atoms with Gasteiger partial charge >= 0.3 is 0 Å². The molecule has 4 unspecified atom stereocenters. The predicted molar refractivity (Wildman–Crippen MR) is 339 cm³/mol. The Balaban J connectivity index is 0.00000210. The first-order valence-electron chi connectivity index (χ1n) is 32.1. The van der Waals surface area contributed by atoms with Crippen LogP contribution in [0.5, 0.6) is 0 Å². The minimum atomic E-state index is -0.246. The average Bonchev–Trinajstić information content (AvgIpc) is 1.38. The number of ether oxygens (including phenoxy) is 4. The summed E-state index contributed by atoms with van der Waals surface area (Å²) in [6.45, 7) is 13.0. The fourth-order valence-corrected chi connectivity index (χ4v) is 28.8. The van der Waals surface area contributed by atoms with E-state index >= 15 is 0 Å². The predicted octanol–water partition coefficient (Wildman–Crippen LogP) is 6.05. The molecule has 2 aliphatic heterocycles. The van der Waals surface area contributed by atoms with Gasteiger partial charge in [-0.1, -0.05) is 0 Å². The lowest BCUT2D eigenvalue weighted by Crippen LogP contribution is -3.00. The summed E-state index contributed by atoms with van der Waals surface area (Å²) in [5, 5.41) is 80.9. The van der Waals surface area contributed by atoms with E-state index in [0.29, 0.717) is 39.6 Å². The maximum atomic E-state index is 6.65. The van der Waals surface area contributed by atoms with E-state index in [9.17, 15) is 0 Å². The minimum Gasteiger partial charge on any atom is -1.00 e. The van der Waals surface area contributed by atoms with E-state index in [1.165, 1.54) is 0 Å². The number of hydrogen-bond donors (Lipinski definition) is 2. The lowest BCUT2D eigenvalue weighted by molar-refractivity contribution is -0.374. The van der Waals surface area contributed by atoms with Crippen LogP contribution in [0.15, 0.2) is 0 Å². The molecule has 34 rings (SSSR count). The van der Waals surface area contributed by atoms with E-state index in [1.807, 2.05) is 0 Å². The number of likely N-dealkylation sites (tertiary alicyclic amines) is 2. The number of quaternary nitrogens is 2. The third kappa shape index (κ3) is 2.56. The van der Waals surface area contributed by atoms with Crippen molar-refractivity contribution in [2.24, 2.45) is 0 Å². The van der Waals surface area contributed by atoms with Crippen molar-refractivity contribution in [2.45, 2.75) is 21.7 Å². The second-order valence-corrected chi connectivity index (χ2v) is 30.2. The molecule has 0 bridgehead atoms. The van der Waals surface area contributed by atoms with Gasteiger partial charge in [0.2, 0.25) is 0 Å². The standard InChI is InChI=1S/C76H36N4O4.2ClH/c77-1-5-81-9-11-83-7-3-79-13-73-65-49-37-25-17-18-22-19-23-31-39(27(19)25)51(49)67(73)57-45(31)36-44-34(23)42-30(22)38-26(18)28-20-21(17)29(37)41-33-24(20)32-40(28)52-50(38)66-54(42)56(44)70-62-47(36)59(57)71-63-61-48-35(43(33)55(53(41)65)69(61)75(71,73)15-79)46(32)58-60(48)72(64(62)63)76(70)16-80(14-74(66,76)68(52)58)4-8-84-12-10-82-6-2-78;;/h1-16,77-78H2;2*1H. The summed E-state index contributed by atoms with van der Waals surface area (Å²) >= 11 is 0. The summed E-state index contributed by atoms with van der Waals surface area (Å²) in [6.07, 6.45) is 0. The third-order valence-electron chi connectivity index (χ3n) is 29.1. The molecule has 8 aliphatic carbocycles. The highest BCUT2D eigenvalue weighted by Crippen LogP contribution is 2.88. The Morgan fingerprint density at radius 1 is 0.209 bits per heavy atom. The molecular formula is C76H38Cl2N4O4. The molecule has 6 N–H and O–H groups in total. The molecule has 0 radical (unpaired) electrons. The molecule has 86 heavy (non-hydrogen) atoms. The summed E-state index contributed by atoms with van der Waals surface area (Å²) in [5.74, 6) is 0. The molecule has 0 amide bonds. The fourth-order valence-electron chi connectivity index (χ4n) is 28.8. The van der Waals surface area contributed by atoms with E-state index in [4.69, 9.17) is 18.9 Å². The van der Waals surface area contributed by atoms with E-state index in [2.05, 4.69) is 21.3 Å². The molecule has 2 fully saturated rings. The van der Waals surface area contributed by atoms with Gasteiger partial charge in [0, 0.05) is 39.3 Å². The van der Waals surface area contributed by atoms with E-state index in [1.54, 1.807) is 303 Å². The number of hydrogen-bond acceptors (Lipinski definition) is 6. The maximum Gasteiger partial charge on any atom is 0.0977 e. The molecule has 2 saturated heterocycles. The highest BCUT2D eigenvalue weighted by atomic mass is 35.5. The first-order chi connectivity index (χ1) is 41.8. The Labute approximate surface area is 492 Å². The lowest BCUT2D eigenvalue weighted by Gasteiger charge is -2.49. The maximum absolute atomic E-state index is 6.65. The van der Waals surface area contributed by atoms with E-state index < -0.39 is 0 Å². The summed E-state index contributed by atoms with van der Waals surface area (Å²) < 4.78 is 25.2. The zero-order valence-electron chi connectivity index (χ0n) is 46.0. The largest absolute Gasteiger partial charge is 1.00 e. The minimum absolute atomic E-state index is 0. The van der Waals surface area contributed by atoms with Crippen LogP contribution < -0.4 is 36.3 Å². The van der Waals surface area contributed by atoms with Crippen LogP contribution in [-0.4, -0.2) is 115 Å². The van der Waals surface area contributed by atoms with Crippen LogP contribution in [-0.2, 0) is 40.6 Å². The van der Waals surface area contributed by atoms with Gasteiger partial charge in [-0.05, 0) is 303 Å². The van der Waals surface area contributed by atoms with Crippen molar-refractivity contribution >= 4 is 259 Å². The summed E-state index contributed by atoms with van der Waals surface area (Å²) in [6, 6.07) is 0. The topological polar surface area (TPSA) is 98.7 Å². The van der Waals surface area contributed by atoms with Gasteiger partial charge in [-0.3, -0.25) is 9.80 Å². The monoisotopic (exact) mass is 1140 g/mol. The molecule has 24 aromatic carbocycles. The van der Waals surface area contributed by atoms with Crippen molar-refractivity contribution in [2.75, 3.05) is 105 Å². The molecule has 0 saturated carbocycles. The van der Waals surface area contributed by atoms with Crippen molar-refractivity contribution in [3.05, 3.63) is 44.5 Å². The zero-order chi connectivity index (χ0) is 51.6. The molecule has 4 spiro atoms. The molecule has 8 nitrogen and oxygen atoms in total. The molecule has 400 valence electrons. The summed E-state index contributed by atoms with van der Waals surface area (Å²) in [5.41, 5.74) is 21.3. The highest BCUT2D eigenvalue weighted by Gasteiger charge is 2.77. The lowest BCUT2D eigenvalue weighted by atomic mass is 9.50. The SMILES string of the molecule is [Cl-].[Cl-].[NH3+]CCOCCOCCN1CC23c4c5c6c7c8c9c%10c%11c%12c%13c%14c%15c(c6c6c4c4c%16c%17c%18c(c%19c%20c2c5c8c2c%20c5c%19c8c%18c%18c%19c%17c%17c4c6c%15c4c%14c6c%12c%12c%14c%11c(c92)c5c%14c8c%18c%12c6c%19c4%17)C%163C1)C71CN(CCOCCOCC[NH3+])CC%10%131. The van der Waals surface area contributed by atoms with Crippen LogP contribution in [0.2, 0.25) is 0 Å². The molecule has 2 heterocycles. The highest BCUT2D eigenvalue weighted by molar-refractivity contribution is 6.78. The van der Waals surface area contributed by atoms with Gasteiger partial charge in [0.1, 0.15) is 0 Å². The van der Waals surface area contributed by atoms with Crippen LogP contribution in [0.4, 0.5) is 0 Å². The molecule has 24 aromatic rings. The van der Waals surface area contributed by atoms with Crippen LogP contribution >= 0.6 is 0 Å². The third-order valence-corrected chi connectivity index (χ3v) is 29.1. The van der Waals surface area contributed by atoms with Gasteiger partial charge in [0.25, 0.3) is 0 Å². The van der Waals surface area contributed by atoms with Crippen LogP contribution in [0.3, 0.4) is 0 Å². The average molecular weight is 1140 g/mol. The van der Waals surface area contributed by atoms with Gasteiger partial charge in [0.15, 0.2) is 0 Å². The smallest absolute Gasteiger partial charge is 0.0977 e. The zero-order valence-corrected chi connectivity index (χ0v) is 47.5. The van der Waals surface area contributed by atoms with Crippen molar-refractivity contribution in [1.29, 1.82) is 0 Å². The second kappa shape index (κ2) is 10.4. The first kappa shape index (κ1) is 40.4. The molecule has 0 aromatic heterocycles. The number of nitrogens with zero attached hydrogens (tertiary/aromatic N) is 2. The number of benzene rings is 16. The molecule has 10 heteroatoms. The van der Waals surface area contributed by atoms with E-state index in [-0.39, 0.29) is 46.5 Å². The first-order valence-corrected chi connectivity index (χ1v) is 32.1. The van der Waals surface area contributed by atoms with E-state index in [0.717, 1.165) is 65.6 Å². The van der Waals surface area contributed by atoms with Gasteiger partial charge in [-0.25, -0.2) is 0 Å². The van der Waals surface area contributed by atoms with Crippen molar-refractivity contribution in [1.82, 2.24) is 9.80 Å². The Morgan fingerprint density at radius 3 is 0.523 bits per heavy atom. The van der Waals surface area contributed by atoms with Crippen LogP contribution in [0, 0.1) is 0 Å². The van der Waals surface area contributed by atoms with Crippen LogP contribution in [0.1, 0.15) is 44.5 Å². The second-order valence-electron chi connectivity index (χ2n) is 30.2. The number of rotatable bonds is 16. The molecular weight excluding hydrogens is 1100 g/mol. The van der Waals surface area contributed by atoms with Gasteiger partial charge in [-0.2, -0.15) is 0 Å². The Hall–Kier alpha value is -7.02. The quantitative estimate of drug-likeness (QED) is 0.0905. The number of halogens is 2. The Kier molecular flexibility index (Phi) is 4.88. The Morgan fingerprint density at radius 2 is 0.349 bits per heavy atom. The van der Waals surface area contributed by atoms with Gasteiger partial charge < -0.3 is 55.2 Å². The molecule has 10 aliphatic rings. The van der Waals surface area contributed by atoms with Crippen molar-refractivity contribution in [3.63, 3.8) is 0 Å². The summed E-state index contributed by atoms with van der Waals surface area (Å²) in [7, 11) is 0. The summed E-state index contributed by atoms with van der Waals surface area (Å²) in [4.78, 5) is 5.96. The fraction of sp³-hybridized carbons (Fsp3) is 0.263. The van der Waals surface area contributed by atoms with Gasteiger partial charge in [-0.15, -0.1) is 0 Å². The van der Waals surface area contributed by atoms with Gasteiger partial charge in [0.05, 0.1) is 87.6 Å².